The number of nitrogens with zero attached hydrogens (tertiary/aromatic N) is 1. The summed E-state index contributed by atoms with van der Waals surface area (Å²) in [6, 6.07) is 5.42. The van der Waals surface area contributed by atoms with E-state index in [-0.39, 0.29) is 19.1 Å². The summed E-state index contributed by atoms with van der Waals surface area (Å²) in [6.07, 6.45) is 4.00. The number of carbonyl (C=O) groups excluding carboxylic acids is 1. The molecular formula is C16H25N3O3. The summed E-state index contributed by atoms with van der Waals surface area (Å²) in [7, 11) is 0. The number of rotatable bonds is 9. The Labute approximate surface area is 131 Å². The average molecular weight is 307 g/mol. The monoisotopic (exact) mass is 307 g/mol. The highest BCUT2D eigenvalue weighted by Crippen LogP contribution is 2.22. The van der Waals surface area contributed by atoms with E-state index in [1.54, 1.807) is 12.1 Å². The van der Waals surface area contributed by atoms with Crippen LogP contribution in [0.2, 0.25) is 0 Å². The molecule has 0 aromatic heterocycles. The molecule has 0 heterocycles. The fourth-order valence-electron chi connectivity index (χ4n) is 1.99. The summed E-state index contributed by atoms with van der Waals surface area (Å²) in [4.78, 5) is 13.5. The molecule has 0 aliphatic carbocycles. The molecule has 1 aromatic rings. The number of aliphatic hydroxyl groups is 2. The van der Waals surface area contributed by atoms with Gasteiger partial charge >= 0.3 is 0 Å². The number of nitrogen functional groups attached to an aromatic ring is 1. The molecule has 0 spiro atoms. The molecule has 0 saturated carbocycles. The third-order valence-corrected chi connectivity index (χ3v) is 3.14. The van der Waals surface area contributed by atoms with Gasteiger partial charge in [0, 0.05) is 37.1 Å². The van der Waals surface area contributed by atoms with E-state index in [1.165, 1.54) is 6.08 Å². The van der Waals surface area contributed by atoms with Crippen LogP contribution in [0.4, 0.5) is 11.4 Å². The first-order valence-corrected chi connectivity index (χ1v) is 7.44. The molecule has 0 bridgehead atoms. The summed E-state index contributed by atoms with van der Waals surface area (Å²) in [5.41, 5.74) is 8.06. The maximum Gasteiger partial charge on any atom is 0.244 e. The Balaban J connectivity index is 2.88. The van der Waals surface area contributed by atoms with E-state index < -0.39 is 0 Å². The van der Waals surface area contributed by atoms with E-state index in [4.69, 9.17) is 15.9 Å². The van der Waals surface area contributed by atoms with Crippen molar-refractivity contribution in [3.05, 3.63) is 29.8 Å². The van der Waals surface area contributed by atoms with Crippen molar-refractivity contribution in [2.24, 2.45) is 0 Å². The number of anilines is 2. The zero-order valence-electron chi connectivity index (χ0n) is 13.0. The Kier molecular flexibility index (Phi) is 8.03. The molecule has 0 unspecified atom stereocenters. The highest BCUT2D eigenvalue weighted by Gasteiger charge is 2.07. The molecule has 6 heteroatoms. The van der Waals surface area contributed by atoms with Gasteiger partial charge in [-0.25, -0.2) is 0 Å². The van der Waals surface area contributed by atoms with Crippen molar-refractivity contribution in [3.8, 4) is 0 Å². The zero-order valence-corrected chi connectivity index (χ0v) is 13.0. The molecule has 1 rings (SSSR count). The summed E-state index contributed by atoms with van der Waals surface area (Å²) < 4.78 is 0. The molecular weight excluding hydrogens is 282 g/mol. The van der Waals surface area contributed by atoms with Crippen LogP contribution in [0.1, 0.15) is 18.9 Å². The van der Waals surface area contributed by atoms with Crippen LogP contribution in [0.5, 0.6) is 0 Å². The van der Waals surface area contributed by atoms with Crippen molar-refractivity contribution in [2.75, 3.05) is 43.5 Å². The van der Waals surface area contributed by atoms with E-state index in [2.05, 4.69) is 5.32 Å². The van der Waals surface area contributed by atoms with Crippen molar-refractivity contribution in [2.45, 2.75) is 13.3 Å². The summed E-state index contributed by atoms with van der Waals surface area (Å²) in [5.74, 6) is -0.158. The fourth-order valence-corrected chi connectivity index (χ4v) is 1.99. The minimum Gasteiger partial charge on any atom is -0.398 e. The highest BCUT2D eigenvalue weighted by atomic mass is 16.3. The molecule has 0 aliphatic heterocycles. The van der Waals surface area contributed by atoms with Gasteiger partial charge in [0.05, 0.1) is 13.2 Å². The smallest absolute Gasteiger partial charge is 0.244 e. The number of nitrogens with two attached hydrogens (primary N) is 1. The highest BCUT2D eigenvalue weighted by molar-refractivity contribution is 5.92. The van der Waals surface area contributed by atoms with Gasteiger partial charge in [-0.2, -0.15) is 0 Å². The third kappa shape index (κ3) is 5.75. The maximum absolute atomic E-state index is 11.6. The molecule has 22 heavy (non-hydrogen) atoms. The number of hydrogen-bond donors (Lipinski definition) is 4. The minimum absolute atomic E-state index is 0.00499. The van der Waals surface area contributed by atoms with Crippen LogP contribution in [-0.2, 0) is 4.79 Å². The van der Waals surface area contributed by atoms with Gasteiger partial charge in [0.15, 0.2) is 0 Å². The van der Waals surface area contributed by atoms with Crippen LogP contribution in [0.15, 0.2) is 24.3 Å². The van der Waals surface area contributed by atoms with Crippen LogP contribution >= 0.6 is 0 Å². The Hall–Kier alpha value is -2.05. The lowest BCUT2D eigenvalue weighted by Crippen LogP contribution is -2.29. The summed E-state index contributed by atoms with van der Waals surface area (Å²) in [6.45, 7) is 3.46. The molecule has 5 N–H and O–H groups in total. The zero-order chi connectivity index (χ0) is 16.4. The largest absolute Gasteiger partial charge is 0.398 e. The van der Waals surface area contributed by atoms with Crippen molar-refractivity contribution in [1.82, 2.24) is 5.32 Å². The van der Waals surface area contributed by atoms with Gasteiger partial charge in [0.25, 0.3) is 0 Å². The van der Waals surface area contributed by atoms with Crippen molar-refractivity contribution in [1.29, 1.82) is 0 Å². The van der Waals surface area contributed by atoms with Gasteiger partial charge in [-0.3, -0.25) is 4.79 Å². The molecule has 122 valence electrons. The Morgan fingerprint density at radius 3 is 2.59 bits per heavy atom. The van der Waals surface area contributed by atoms with Crippen molar-refractivity contribution < 1.29 is 15.0 Å². The Morgan fingerprint density at radius 2 is 2.00 bits per heavy atom. The molecule has 1 amide bonds. The van der Waals surface area contributed by atoms with Crippen molar-refractivity contribution in [3.63, 3.8) is 0 Å². The second kappa shape index (κ2) is 9.81. The molecule has 0 fully saturated rings. The van der Waals surface area contributed by atoms with E-state index in [0.29, 0.717) is 25.3 Å². The topological polar surface area (TPSA) is 98.8 Å². The normalized spacial score (nSPS) is 10.9. The average Bonchev–Trinajstić information content (AvgIpc) is 2.52. The molecule has 0 radical (unpaired) electrons. The number of amides is 1. The molecule has 0 saturated heterocycles. The second-order valence-corrected chi connectivity index (χ2v) is 4.87. The molecule has 6 nitrogen and oxygen atoms in total. The predicted octanol–water partition coefficient (Wildman–Crippen LogP) is 0.599. The SMILES string of the molecule is CCCNC(=O)C=Cc1cc(N(CCO)CCO)ccc1N. The standard InChI is InChI=1S/C16H25N3O3/c1-2-7-18-16(22)6-3-13-12-14(4-5-15(13)17)19(8-10-20)9-11-21/h3-6,12,20-21H,2,7-11,17H2,1H3,(H,18,22). The number of benzene rings is 1. The van der Waals surface area contributed by atoms with E-state index >= 15 is 0 Å². The molecule has 0 aliphatic rings. The second-order valence-electron chi connectivity index (χ2n) is 4.87. The van der Waals surface area contributed by atoms with Gasteiger partial charge in [0.1, 0.15) is 0 Å². The number of nitrogens with one attached hydrogen (secondary N) is 1. The first kappa shape index (κ1) is 18.0. The van der Waals surface area contributed by atoms with Crippen LogP contribution in [0, 0.1) is 0 Å². The quantitative estimate of drug-likeness (QED) is 0.395. The van der Waals surface area contributed by atoms with Gasteiger partial charge in [-0.1, -0.05) is 6.92 Å². The van der Waals surface area contributed by atoms with Gasteiger partial charge in [-0.05, 0) is 36.3 Å². The lowest BCUT2D eigenvalue weighted by molar-refractivity contribution is -0.116. The molecule has 0 atom stereocenters. The third-order valence-electron chi connectivity index (χ3n) is 3.14. The van der Waals surface area contributed by atoms with Crippen LogP contribution < -0.4 is 16.0 Å². The Morgan fingerprint density at radius 1 is 1.32 bits per heavy atom. The lowest BCUT2D eigenvalue weighted by atomic mass is 10.1. The van der Waals surface area contributed by atoms with Crippen LogP contribution in [-0.4, -0.2) is 49.0 Å². The maximum atomic E-state index is 11.6. The van der Waals surface area contributed by atoms with Crippen molar-refractivity contribution >= 4 is 23.4 Å². The van der Waals surface area contributed by atoms with Gasteiger partial charge in [-0.15, -0.1) is 0 Å². The number of aliphatic hydroxyl groups excluding tert-OH is 2. The predicted molar refractivity (Wildman–Crippen MR) is 89.6 cm³/mol. The van der Waals surface area contributed by atoms with Crippen LogP contribution in [0.25, 0.3) is 6.08 Å². The van der Waals surface area contributed by atoms with E-state index in [1.807, 2.05) is 24.0 Å². The number of hydrogen-bond acceptors (Lipinski definition) is 5. The summed E-state index contributed by atoms with van der Waals surface area (Å²) in [5, 5.41) is 20.9. The van der Waals surface area contributed by atoms with E-state index in [9.17, 15) is 4.79 Å². The van der Waals surface area contributed by atoms with Gasteiger partial charge in [0.2, 0.25) is 5.91 Å². The van der Waals surface area contributed by atoms with E-state index in [0.717, 1.165) is 17.7 Å². The first-order chi connectivity index (χ1) is 10.6. The van der Waals surface area contributed by atoms with Gasteiger partial charge < -0.3 is 26.2 Å². The van der Waals surface area contributed by atoms with Crippen LogP contribution in [0.3, 0.4) is 0 Å². The lowest BCUT2D eigenvalue weighted by Gasteiger charge is -2.23. The molecule has 1 aromatic carbocycles. The first-order valence-electron chi connectivity index (χ1n) is 7.44. The minimum atomic E-state index is -0.158. The summed E-state index contributed by atoms with van der Waals surface area (Å²) >= 11 is 0. The fraction of sp³-hybridized carbons (Fsp3) is 0.438. The number of carbonyl (C=O) groups is 1. The Bertz CT molecular complexity index is 497.